The zero-order valence-electron chi connectivity index (χ0n) is 9.34. The molecule has 1 N–H and O–H groups in total. The molecule has 3 aromatic rings. The molecule has 1 aromatic heterocycles. The van der Waals surface area contributed by atoms with Crippen LogP contribution in [0.3, 0.4) is 0 Å². The second kappa shape index (κ2) is 4.23. The Morgan fingerprint density at radius 2 is 1.72 bits per heavy atom. The van der Waals surface area contributed by atoms with Crippen molar-refractivity contribution in [3.63, 3.8) is 0 Å². The third-order valence-electron chi connectivity index (χ3n) is 2.69. The van der Waals surface area contributed by atoms with E-state index in [0.29, 0.717) is 16.2 Å². The highest BCUT2D eigenvalue weighted by molar-refractivity contribution is 6.32. The van der Waals surface area contributed by atoms with Gasteiger partial charge < -0.3 is 0 Å². The van der Waals surface area contributed by atoms with E-state index in [1.165, 1.54) is 4.68 Å². The van der Waals surface area contributed by atoms with Gasteiger partial charge in [-0.2, -0.15) is 4.68 Å². The third kappa shape index (κ3) is 1.67. The first-order valence-corrected chi connectivity index (χ1v) is 5.79. The lowest BCUT2D eigenvalue weighted by Gasteiger charge is -2.07. The second-order valence-electron chi connectivity index (χ2n) is 3.82. The molecule has 0 atom stereocenters. The average Bonchev–Trinajstić information content (AvgIpc) is 2.41. The van der Waals surface area contributed by atoms with E-state index >= 15 is 0 Å². The lowest BCUT2D eigenvalue weighted by Crippen LogP contribution is -2.23. The summed E-state index contributed by atoms with van der Waals surface area (Å²) in [6.45, 7) is 0. The molecule has 0 saturated heterocycles. The quantitative estimate of drug-likeness (QED) is 0.727. The van der Waals surface area contributed by atoms with Gasteiger partial charge in [-0.1, -0.05) is 41.1 Å². The van der Waals surface area contributed by atoms with Crippen LogP contribution in [-0.4, -0.2) is 15.0 Å². The molecule has 0 saturated carbocycles. The SMILES string of the molecule is N=c1c2ccccc2nnn1-c1ccccc1Cl. The Hall–Kier alpha value is -2.20. The van der Waals surface area contributed by atoms with E-state index in [-0.39, 0.29) is 5.49 Å². The first kappa shape index (κ1) is 10.9. The molecule has 5 heteroatoms. The molecule has 0 aliphatic carbocycles. The predicted molar refractivity (Wildman–Crippen MR) is 69.7 cm³/mol. The number of hydrogen-bond acceptors (Lipinski definition) is 3. The van der Waals surface area contributed by atoms with Crippen molar-refractivity contribution >= 4 is 22.5 Å². The molecule has 4 nitrogen and oxygen atoms in total. The minimum Gasteiger partial charge on any atom is -0.282 e. The Labute approximate surface area is 108 Å². The summed E-state index contributed by atoms with van der Waals surface area (Å²) in [6.07, 6.45) is 0. The Bertz CT molecular complexity index is 779. The summed E-state index contributed by atoms with van der Waals surface area (Å²) >= 11 is 6.11. The number of benzene rings is 2. The van der Waals surface area contributed by atoms with Gasteiger partial charge >= 0.3 is 0 Å². The maximum atomic E-state index is 8.18. The molecule has 2 aromatic carbocycles. The standard InChI is InChI=1S/C13H9ClN4/c14-10-6-2-4-8-12(10)18-13(15)9-5-1-3-7-11(9)16-17-18/h1-8,15H. The van der Waals surface area contributed by atoms with Crippen molar-refractivity contribution in [1.82, 2.24) is 15.0 Å². The van der Waals surface area contributed by atoms with Gasteiger partial charge in [0.2, 0.25) is 0 Å². The molecule has 0 aliphatic rings. The molecule has 0 spiro atoms. The molecule has 0 amide bonds. The summed E-state index contributed by atoms with van der Waals surface area (Å²) in [4.78, 5) is 0. The topological polar surface area (TPSA) is 54.6 Å². The van der Waals surface area contributed by atoms with Crippen molar-refractivity contribution in [3.05, 3.63) is 59.0 Å². The van der Waals surface area contributed by atoms with Crippen molar-refractivity contribution in [2.75, 3.05) is 0 Å². The number of aromatic nitrogens is 3. The smallest absolute Gasteiger partial charge is 0.158 e. The number of halogens is 1. The summed E-state index contributed by atoms with van der Waals surface area (Å²) in [5.41, 5.74) is 1.63. The fourth-order valence-electron chi connectivity index (χ4n) is 1.80. The number of nitrogens with zero attached hydrogens (tertiary/aromatic N) is 3. The zero-order valence-corrected chi connectivity index (χ0v) is 10.1. The monoisotopic (exact) mass is 256 g/mol. The van der Waals surface area contributed by atoms with Crippen molar-refractivity contribution < 1.29 is 0 Å². The summed E-state index contributed by atoms with van der Waals surface area (Å²) < 4.78 is 1.44. The van der Waals surface area contributed by atoms with Crippen LogP contribution in [0, 0.1) is 5.41 Å². The summed E-state index contributed by atoms with van der Waals surface area (Å²) in [5, 5.41) is 17.6. The van der Waals surface area contributed by atoms with Gasteiger partial charge in [-0.15, -0.1) is 5.10 Å². The highest BCUT2D eigenvalue weighted by atomic mass is 35.5. The van der Waals surface area contributed by atoms with Crippen molar-refractivity contribution in [2.24, 2.45) is 0 Å². The molecule has 0 unspecified atom stereocenters. The summed E-state index contributed by atoms with van der Waals surface area (Å²) in [5.74, 6) is 0. The molecule has 0 fully saturated rings. The van der Waals surface area contributed by atoms with Crippen LogP contribution in [0.15, 0.2) is 48.5 Å². The van der Waals surface area contributed by atoms with Gasteiger partial charge in [0.05, 0.1) is 16.2 Å². The van der Waals surface area contributed by atoms with E-state index < -0.39 is 0 Å². The van der Waals surface area contributed by atoms with E-state index in [9.17, 15) is 0 Å². The fraction of sp³-hybridized carbons (Fsp3) is 0. The van der Waals surface area contributed by atoms with Crippen LogP contribution in [0.4, 0.5) is 0 Å². The minimum absolute atomic E-state index is 0.272. The average molecular weight is 257 g/mol. The van der Waals surface area contributed by atoms with E-state index in [2.05, 4.69) is 10.3 Å². The predicted octanol–water partition coefficient (Wildman–Crippen LogP) is 2.55. The number of nitrogens with one attached hydrogen (secondary N) is 1. The normalized spacial score (nSPS) is 10.7. The van der Waals surface area contributed by atoms with Gasteiger partial charge in [-0.3, -0.25) is 5.41 Å². The van der Waals surface area contributed by atoms with Crippen molar-refractivity contribution in [3.8, 4) is 5.69 Å². The second-order valence-corrected chi connectivity index (χ2v) is 4.23. The molecule has 0 aliphatic heterocycles. The van der Waals surface area contributed by atoms with Crippen LogP contribution in [0.2, 0.25) is 5.02 Å². The number of rotatable bonds is 1. The molecular weight excluding hydrogens is 248 g/mol. The van der Waals surface area contributed by atoms with Gasteiger partial charge in [0.15, 0.2) is 5.49 Å². The Morgan fingerprint density at radius 1 is 1.00 bits per heavy atom. The van der Waals surface area contributed by atoms with Crippen LogP contribution >= 0.6 is 11.6 Å². The first-order chi connectivity index (χ1) is 8.77. The van der Waals surface area contributed by atoms with Crippen LogP contribution in [0.5, 0.6) is 0 Å². The largest absolute Gasteiger partial charge is 0.282 e. The molecular formula is C13H9ClN4. The van der Waals surface area contributed by atoms with Gasteiger partial charge in [0.1, 0.15) is 0 Å². The Kier molecular flexibility index (Phi) is 2.57. The van der Waals surface area contributed by atoms with Crippen molar-refractivity contribution in [2.45, 2.75) is 0 Å². The minimum atomic E-state index is 0.272. The van der Waals surface area contributed by atoms with Gasteiger partial charge in [0.25, 0.3) is 0 Å². The fourth-order valence-corrected chi connectivity index (χ4v) is 2.02. The highest BCUT2D eigenvalue weighted by Crippen LogP contribution is 2.17. The van der Waals surface area contributed by atoms with Crippen LogP contribution < -0.4 is 5.49 Å². The maximum absolute atomic E-state index is 8.18. The highest BCUT2D eigenvalue weighted by Gasteiger charge is 2.06. The molecule has 18 heavy (non-hydrogen) atoms. The van der Waals surface area contributed by atoms with E-state index in [1.807, 2.05) is 42.5 Å². The van der Waals surface area contributed by atoms with Crippen LogP contribution in [-0.2, 0) is 0 Å². The Morgan fingerprint density at radius 3 is 2.56 bits per heavy atom. The first-order valence-electron chi connectivity index (χ1n) is 5.41. The van der Waals surface area contributed by atoms with Gasteiger partial charge in [0, 0.05) is 5.39 Å². The summed E-state index contributed by atoms with van der Waals surface area (Å²) in [6, 6.07) is 14.7. The van der Waals surface area contributed by atoms with E-state index in [1.54, 1.807) is 6.07 Å². The summed E-state index contributed by atoms with van der Waals surface area (Å²) in [7, 11) is 0. The lowest BCUT2D eigenvalue weighted by molar-refractivity contribution is 0.716. The number of para-hydroxylation sites is 1. The van der Waals surface area contributed by atoms with Gasteiger partial charge in [-0.25, -0.2) is 0 Å². The maximum Gasteiger partial charge on any atom is 0.158 e. The lowest BCUT2D eigenvalue weighted by atomic mass is 10.2. The van der Waals surface area contributed by atoms with Crippen LogP contribution in [0.25, 0.3) is 16.6 Å². The number of hydrogen-bond donors (Lipinski definition) is 1. The number of fused-ring (bicyclic) bond motifs is 1. The van der Waals surface area contributed by atoms with Crippen LogP contribution in [0.1, 0.15) is 0 Å². The van der Waals surface area contributed by atoms with Crippen molar-refractivity contribution in [1.29, 1.82) is 5.41 Å². The molecule has 3 rings (SSSR count). The van der Waals surface area contributed by atoms with Gasteiger partial charge in [-0.05, 0) is 24.3 Å². The molecule has 1 heterocycles. The van der Waals surface area contributed by atoms with E-state index in [0.717, 1.165) is 5.39 Å². The third-order valence-corrected chi connectivity index (χ3v) is 3.01. The Balaban J connectivity index is 2.35. The molecule has 0 bridgehead atoms. The molecule has 88 valence electrons. The zero-order chi connectivity index (χ0) is 12.5. The van der Waals surface area contributed by atoms with E-state index in [4.69, 9.17) is 17.0 Å². The molecule has 0 radical (unpaired) electrons.